The van der Waals surface area contributed by atoms with Gasteiger partial charge in [0, 0.05) is 5.56 Å². The fourth-order valence-corrected chi connectivity index (χ4v) is 2.58. The lowest BCUT2D eigenvalue weighted by molar-refractivity contribution is 0.629. The Bertz CT molecular complexity index is 322. The predicted molar refractivity (Wildman–Crippen MR) is 59.2 cm³/mol. The lowest BCUT2D eigenvalue weighted by Gasteiger charge is -2.14. The molecule has 1 unspecified atom stereocenters. The van der Waals surface area contributed by atoms with Gasteiger partial charge in [-0.05, 0) is 13.0 Å². The molecule has 2 nitrogen and oxygen atoms in total. The maximum atomic E-state index is 5.96. The van der Waals surface area contributed by atoms with E-state index in [1.807, 2.05) is 6.92 Å². The van der Waals surface area contributed by atoms with Crippen LogP contribution in [0.5, 0.6) is 0 Å². The van der Waals surface area contributed by atoms with Gasteiger partial charge >= 0.3 is 0 Å². The summed E-state index contributed by atoms with van der Waals surface area (Å²) in [5, 5.41) is 0. The first-order valence-corrected chi connectivity index (χ1v) is 5.19. The van der Waals surface area contributed by atoms with Crippen LogP contribution in [-0.4, -0.2) is 0 Å². The Kier molecular flexibility index (Phi) is 3.76. The zero-order chi connectivity index (χ0) is 10.0. The number of nitrogens with one attached hydrogen (secondary N) is 1. The van der Waals surface area contributed by atoms with Crippen molar-refractivity contribution in [2.45, 2.75) is 13.0 Å². The van der Waals surface area contributed by atoms with Crippen molar-refractivity contribution in [2.75, 3.05) is 0 Å². The summed E-state index contributed by atoms with van der Waals surface area (Å²) in [7, 11) is 0. The second-order valence-electron chi connectivity index (χ2n) is 2.73. The smallest absolute Gasteiger partial charge is 0.0995 e. The molecule has 3 N–H and O–H groups in total. The minimum atomic E-state index is -0.128. The van der Waals surface area contributed by atoms with Gasteiger partial charge in [-0.3, -0.25) is 5.84 Å². The number of rotatable bonds is 3. The summed E-state index contributed by atoms with van der Waals surface area (Å²) in [6.45, 7) is 5.69. The van der Waals surface area contributed by atoms with Crippen molar-refractivity contribution in [1.29, 1.82) is 0 Å². The Morgan fingerprint density at radius 1 is 1.69 bits per heavy atom. The van der Waals surface area contributed by atoms with Crippen molar-refractivity contribution in [1.82, 2.24) is 5.43 Å². The van der Waals surface area contributed by atoms with Crippen molar-refractivity contribution in [2.24, 2.45) is 5.84 Å². The van der Waals surface area contributed by atoms with E-state index in [4.69, 9.17) is 29.0 Å². The number of nitrogens with two attached hydrogens (primary N) is 1. The Morgan fingerprint density at radius 2 is 2.31 bits per heavy atom. The summed E-state index contributed by atoms with van der Waals surface area (Å²) in [5.41, 5.74) is 4.42. The highest BCUT2D eigenvalue weighted by Gasteiger charge is 2.16. The topological polar surface area (TPSA) is 38.0 Å². The van der Waals surface area contributed by atoms with Gasteiger partial charge in [0.05, 0.1) is 14.7 Å². The third kappa shape index (κ3) is 2.45. The van der Waals surface area contributed by atoms with E-state index < -0.39 is 0 Å². The molecule has 1 heterocycles. The predicted octanol–water partition coefficient (Wildman–Crippen LogP) is 3.14. The van der Waals surface area contributed by atoms with Crippen LogP contribution in [0.15, 0.2) is 18.2 Å². The summed E-state index contributed by atoms with van der Waals surface area (Å²) < 4.78 is 1.30. The fraction of sp³-hybridized carbons (Fsp3) is 0.250. The molecule has 0 spiro atoms. The van der Waals surface area contributed by atoms with Gasteiger partial charge in [0.25, 0.3) is 0 Å². The molecule has 0 bridgehead atoms. The van der Waals surface area contributed by atoms with Gasteiger partial charge in [0.1, 0.15) is 0 Å². The van der Waals surface area contributed by atoms with Gasteiger partial charge in [-0.15, -0.1) is 11.3 Å². The van der Waals surface area contributed by atoms with E-state index in [-0.39, 0.29) is 6.04 Å². The first-order chi connectivity index (χ1) is 6.06. The van der Waals surface area contributed by atoms with Crippen molar-refractivity contribution in [3.63, 3.8) is 0 Å². The minimum absolute atomic E-state index is 0.128. The van der Waals surface area contributed by atoms with Crippen LogP contribution in [0.1, 0.15) is 18.5 Å². The van der Waals surface area contributed by atoms with Gasteiger partial charge < -0.3 is 0 Å². The molecule has 1 atom stereocenters. The highest BCUT2D eigenvalue weighted by atomic mass is 35.5. The molecule has 0 aliphatic heterocycles. The molecule has 0 amide bonds. The first kappa shape index (κ1) is 11.0. The van der Waals surface area contributed by atoms with Crippen molar-refractivity contribution in [3.8, 4) is 0 Å². The quantitative estimate of drug-likeness (QED) is 0.481. The molecule has 0 aromatic carbocycles. The van der Waals surface area contributed by atoms with Crippen LogP contribution in [0.4, 0.5) is 0 Å². The lowest BCUT2D eigenvalue weighted by Crippen LogP contribution is -2.28. The summed E-state index contributed by atoms with van der Waals surface area (Å²) in [4.78, 5) is 0. The van der Waals surface area contributed by atoms with Gasteiger partial charge in [-0.25, -0.2) is 5.43 Å². The Labute approximate surface area is 91.3 Å². The van der Waals surface area contributed by atoms with Crippen molar-refractivity contribution >= 4 is 34.5 Å². The van der Waals surface area contributed by atoms with Gasteiger partial charge in [-0.2, -0.15) is 0 Å². The largest absolute Gasteiger partial charge is 0.271 e. The molecule has 13 heavy (non-hydrogen) atoms. The summed E-state index contributed by atoms with van der Waals surface area (Å²) in [5.74, 6) is 5.38. The molecule has 1 rings (SSSR count). The number of hydrogen-bond acceptors (Lipinski definition) is 3. The zero-order valence-electron chi connectivity index (χ0n) is 7.10. The Morgan fingerprint density at radius 3 is 2.62 bits per heavy atom. The van der Waals surface area contributed by atoms with Gasteiger partial charge in [-0.1, -0.05) is 35.4 Å². The molecule has 72 valence electrons. The van der Waals surface area contributed by atoms with Crippen LogP contribution >= 0.6 is 34.5 Å². The Hall–Kier alpha value is -0.0600. The molecular formula is C8H10Cl2N2S. The molecule has 1 aromatic rings. The second-order valence-corrected chi connectivity index (χ2v) is 5.01. The zero-order valence-corrected chi connectivity index (χ0v) is 9.43. The average Bonchev–Trinajstić information content (AvgIpc) is 2.31. The van der Waals surface area contributed by atoms with Crippen molar-refractivity contribution in [3.05, 3.63) is 32.5 Å². The normalized spacial score (nSPS) is 12.9. The van der Waals surface area contributed by atoms with E-state index >= 15 is 0 Å². The number of hydrogen-bond donors (Lipinski definition) is 2. The van der Waals surface area contributed by atoms with Gasteiger partial charge in [0.2, 0.25) is 0 Å². The van der Waals surface area contributed by atoms with E-state index in [0.717, 1.165) is 11.1 Å². The molecule has 5 heteroatoms. The number of thiophene rings is 1. The molecular weight excluding hydrogens is 227 g/mol. The minimum Gasteiger partial charge on any atom is -0.271 e. The van der Waals surface area contributed by atoms with Crippen LogP contribution in [0.25, 0.3) is 0 Å². The molecule has 0 saturated carbocycles. The van der Waals surface area contributed by atoms with E-state index in [1.54, 1.807) is 6.07 Å². The van der Waals surface area contributed by atoms with Crippen LogP contribution in [0, 0.1) is 0 Å². The van der Waals surface area contributed by atoms with Crippen molar-refractivity contribution < 1.29 is 0 Å². The SMILES string of the molecule is C=C(C)C(NN)c1cc(Cl)sc1Cl. The van der Waals surface area contributed by atoms with E-state index in [1.165, 1.54) is 11.3 Å². The molecule has 0 fully saturated rings. The molecule has 0 saturated heterocycles. The van der Waals surface area contributed by atoms with E-state index in [9.17, 15) is 0 Å². The second kappa shape index (κ2) is 4.44. The highest BCUT2D eigenvalue weighted by molar-refractivity contribution is 7.20. The summed E-state index contributed by atoms with van der Waals surface area (Å²) in [6, 6.07) is 1.67. The molecule has 0 aliphatic rings. The van der Waals surface area contributed by atoms with Crippen LogP contribution in [0.3, 0.4) is 0 Å². The van der Waals surface area contributed by atoms with E-state index in [0.29, 0.717) is 8.67 Å². The lowest BCUT2D eigenvalue weighted by atomic mass is 10.1. The van der Waals surface area contributed by atoms with Crippen LogP contribution in [0.2, 0.25) is 8.67 Å². The number of halogens is 2. The van der Waals surface area contributed by atoms with Crippen LogP contribution < -0.4 is 11.3 Å². The number of hydrazine groups is 1. The fourth-order valence-electron chi connectivity index (χ4n) is 1.05. The maximum Gasteiger partial charge on any atom is 0.0995 e. The van der Waals surface area contributed by atoms with E-state index in [2.05, 4.69) is 12.0 Å². The maximum absolute atomic E-state index is 5.96. The highest BCUT2D eigenvalue weighted by Crippen LogP contribution is 2.36. The first-order valence-electron chi connectivity index (χ1n) is 3.62. The molecule has 0 radical (unpaired) electrons. The summed E-state index contributed by atoms with van der Waals surface area (Å²) in [6.07, 6.45) is 0. The molecule has 0 aliphatic carbocycles. The van der Waals surface area contributed by atoms with Crippen LogP contribution in [-0.2, 0) is 0 Å². The average molecular weight is 237 g/mol. The molecule has 1 aromatic heterocycles. The third-order valence-electron chi connectivity index (χ3n) is 1.65. The standard InChI is InChI=1S/C8H10Cl2N2S/c1-4(2)7(12-11)5-3-6(9)13-8(5)10/h3,7,12H,1,11H2,2H3. The monoisotopic (exact) mass is 236 g/mol. The Balaban J connectivity index is 3.04. The third-order valence-corrected chi connectivity index (χ3v) is 3.17. The summed E-state index contributed by atoms with van der Waals surface area (Å²) >= 11 is 13.1. The van der Waals surface area contributed by atoms with Gasteiger partial charge in [0.15, 0.2) is 0 Å².